The molecule has 3 heteroatoms. The van der Waals surface area contributed by atoms with Crippen molar-refractivity contribution < 1.29 is 14.6 Å². The summed E-state index contributed by atoms with van der Waals surface area (Å²) in [6.45, 7) is 2.14. The first-order valence-electron chi connectivity index (χ1n) is 6.72. The Bertz CT molecular complexity index is 533. The summed E-state index contributed by atoms with van der Waals surface area (Å²) in [7, 11) is 1.62. The predicted octanol–water partition coefficient (Wildman–Crippen LogP) is 3.72. The van der Waals surface area contributed by atoms with E-state index in [2.05, 4.69) is 18.8 Å². The van der Waals surface area contributed by atoms with Crippen molar-refractivity contribution in [2.24, 2.45) is 0 Å². The molecule has 0 atom stereocenters. The first-order valence-corrected chi connectivity index (χ1v) is 6.72. The zero-order valence-corrected chi connectivity index (χ0v) is 12.0. The molecule has 0 unspecified atom stereocenters. The third-order valence-electron chi connectivity index (χ3n) is 2.70. The van der Waals surface area contributed by atoms with E-state index < -0.39 is 5.97 Å². The van der Waals surface area contributed by atoms with Gasteiger partial charge >= 0.3 is 5.97 Å². The van der Waals surface area contributed by atoms with Gasteiger partial charge in [0.2, 0.25) is 0 Å². The van der Waals surface area contributed by atoms with Crippen LogP contribution in [0, 0.1) is 11.8 Å². The molecule has 0 spiro atoms. The molecule has 0 aliphatic carbocycles. The molecule has 0 bridgehead atoms. The van der Waals surface area contributed by atoms with Gasteiger partial charge in [-0.05, 0) is 24.1 Å². The quantitative estimate of drug-likeness (QED) is 0.634. The maximum Gasteiger partial charge on any atom is 0.307 e. The molecule has 106 valence electrons. The second-order valence-corrected chi connectivity index (χ2v) is 4.37. The van der Waals surface area contributed by atoms with Gasteiger partial charge < -0.3 is 9.84 Å². The van der Waals surface area contributed by atoms with E-state index in [0.29, 0.717) is 0 Å². The van der Waals surface area contributed by atoms with Crippen molar-refractivity contribution in [3.05, 3.63) is 35.4 Å². The van der Waals surface area contributed by atoms with Gasteiger partial charge in [-0.3, -0.25) is 4.79 Å². The predicted molar refractivity (Wildman–Crippen MR) is 80.7 cm³/mol. The SMILES string of the molecule is CCCCC#Cc1cc(/C=C/CC(=O)O)ccc1OC. The van der Waals surface area contributed by atoms with Gasteiger partial charge in [-0.1, -0.05) is 43.4 Å². The van der Waals surface area contributed by atoms with Crippen molar-refractivity contribution in [1.82, 2.24) is 0 Å². The molecule has 0 radical (unpaired) electrons. The highest BCUT2D eigenvalue weighted by molar-refractivity contribution is 5.70. The summed E-state index contributed by atoms with van der Waals surface area (Å²) in [5, 5.41) is 8.60. The van der Waals surface area contributed by atoms with E-state index in [0.717, 1.165) is 36.1 Å². The van der Waals surface area contributed by atoms with Crippen molar-refractivity contribution in [2.45, 2.75) is 32.6 Å². The van der Waals surface area contributed by atoms with E-state index in [1.54, 1.807) is 19.3 Å². The standard InChI is InChI=1S/C17H20O3/c1-3-4-5-6-9-15-13-14(8-7-10-17(18)19)11-12-16(15)20-2/h7-8,11-13H,3-5,10H2,1-2H3,(H,18,19)/b8-7+. The van der Waals surface area contributed by atoms with Gasteiger partial charge in [0, 0.05) is 6.42 Å². The molecular formula is C17H20O3. The van der Waals surface area contributed by atoms with E-state index in [4.69, 9.17) is 9.84 Å². The van der Waals surface area contributed by atoms with Gasteiger partial charge in [0.15, 0.2) is 0 Å². The molecule has 1 N–H and O–H groups in total. The lowest BCUT2D eigenvalue weighted by Gasteiger charge is -2.04. The zero-order chi connectivity index (χ0) is 14.8. The van der Waals surface area contributed by atoms with Gasteiger partial charge in [0.25, 0.3) is 0 Å². The summed E-state index contributed by atoms with van der Waals surface area (Å²) in [5.41, 5.74) is 1.76. The first kappa shape index (κ1) is 15.8. The molecule has 0 saturated carbocycles. The highest BCUT2D eigenvalue weighted by atomic mass is 16.5. The molecule has 0 saturated heterocycles. The molecule has 20 heavy (non-hydrogen) atoms. The van der Waals surface area contributed by atoms with Gasteiger partial charge in [-0.25, -0.2) is 0 Å². The van der Waals surface area contributed by atoms with Crippen molar-refractivity contribution >= 4 is 12.0 Å². The number of methoxy groups -OCH3 is 1. The number of benzene rings is 1. The second kappa shape index (κ2) is 8.82. The largest absolute Gasteiger partial charge is 0.495 e. The van der Waals surface area contributed by atoms with Crippen LogP contribution in [0.3, 0.4) is 0 Å². The van der Waals surface area contributed by atoms with E-state index in [1.807, 2.05) is 18.2 Å². The molecule has 0 aliphatic heterocycles. The summed E-state index contributed by atoms with van der Waals surface area (Å²) < 4.78 is 5.28. The summed E-state index contributed by atoms with van der Waals surface area (Å²) >= 11 is 0. The van der Waals surface area contributed by atoms with Gasteiger partial charge in [0.05, 0.1) is 19.1 Å². The van der Waals surface area contributed by atoms with Crippen LogP contribution in [0.15, 0.2) is 24.3 Å². The molecule has 0 amide bonds. The average molecular weight is 272 g/mol. The first-order chi connectivity index (χ1) is 9.67. The Hall–Kier alpha value is -2.21. The maximum absolute atomic E-state index is 10.5. The highest BCUT2D eigenvalue weighted by Gasteiger charge is 2.00. The number of rotatable bonds is 6. The minimum atomic E-state index is -0.839. The molecule has 1 rings (SSSR count). The van der Waals surface area contributed by atoms with Crippen molar-refractivity contribution in [2.75, 3.05) is 7.11 Å². The van der Waals surface area contributed by atoms with Gasteiger partial charge in [0.1, 0.15) is 5.75 Å². The fourth-order valence-electron chi connectivity index (χ4n) is 1.65. The molecule has 1 aromatic carbocycles. The Balaban J connectivity index is 2.86. The minimum absolute atomic E-state index is 0.0174. The second-order valence-electron chi connectivity index (χ2n) is 4.37. The van der Waals surface area contributed by atoms with Crippen LogP contribution in [0.25, 0.3) is 6.08 Å². The number of carboxylic acid groups (broad SMARTS) is 1. The van der Waals surface area contributed by atoms with Crippen molar-refractivity contribution in [3.8, 4) is 17.6 Å². The van der Waals surface area contributed by atoms with Crippen LogP contribution in [-0.4, -0.2) is 18.2 Å². The normalized spacial score (nSPS) is 10.1. The summed E-state index contributed by atoms with van der Waals surface area (Å²) in [6, 6.07) is 5.65. The summed E-state index contributed by atoms with van der Waals surface area (Å²) in [4.78, 5) is 10.5. The Kier molecular flexibility index (Phi) is 6.99. The van der Waals surface area contributed by atoms with Crippen LogP contribution in [0.1, 0.15) is 43.7 Å². The van der Waals surface area contributed by atoms with Crippen LogP contribution in [0.4, 0.5) is 0 Å². The van der Waals surface area contributed by atoms with E-state index in [-0.39, 0.29) is 6.42 Å². The molecular weight excluding hydrogens is 252 g/mol. The fourth-order valence-corrected chi connectivity index (χ4v) is 1.65. The molecule has 0 aliphatic rings. The number of carbonyl (C=O) groups is 1. The third-order valence-corrected chi connectivity index (χ3v) is 2.70. The Labute approximate surface area is 120 Å². The van der Waals surface area contributed by atoms with Gasteiger partial charge in [-0.15, -0.1) is 0 Å². The number of aliphatic carboxylic acids is 1. The van der Waals surface area contributed by atoms with E-state index >= 15 is 0 Å². The lowest BCUT2D eigenvalue weighted by molar-refractivity contribution is -0.135. The van der Waals surface area contributed by atoms with E-state index in [1.165, 1.54) is 0 Å². The highest BCUT2D eigenvalue weighted by Crippen LogP contribution is 2.19. The van der Waals surface area contributed by atoms with Crippen LogP contribution in [0.2, 0.25) is 0 Å². The molecule has 1 aromatic rings. The molecule has 0 aromatic heterocycles. The third kappa shape index (κ3) is 5.62. The molecule has 0 heterocycles. The lowest BCUT2D eigenvalue weighted by Crippen LogP contribution is -1.90. The Morgan fingerprint density at radius 3 is 2.90 bits per heavy atom. The zero-order valence-electron chi connectivity index (χ0n) is 12.0. The Morgan fingerprint density at radius 1 is 1.45 bits per heavy atom. The number of hydrogen-bond donors (Lipinski definition) is 1. The number of ether oxygens (including phenoxy) is 1. The lowest BCUT2D eigenvalue weighted by atomic mass is 10.1. The average Bonchev–Trinajstić information content (AvgIpc) is 2.43. The number of unbranched alkanes of at least 4 members (excludes halogenated alkanes) is 2. The topological polar surface area (TPSA) is 46.5 Å². The van der Waals surface area contributed by atoms with Crippen molar-refractivity contribution in [3.63, 3.8) is 0 Å². The van der Waals surface area contributed by atoms with Crippen LogP contribution < -0.4 is 4.74 Å². The Morgan fingerprint density at radius 2 is 2.25 bits per heavy atom. The monoisotopic (exact) mass is 272 g/mol. The fraction of sp³-hybridized carbons (Fsp3) is 0.353. The summed E-state index contributed by atoms with van der Waals surface area (Å²) in [5.74, 6) is 6.15. The van der Waals surface area contributed by atoms with Crippen molar-refractivity contribution in [1.29, 1.82) is 0 Å². The molecule has 0 fully saturated rings. The van der Waals surface area contributed by atoms with Crippen LogP contribution >= 0.6 is 0 Å². The number of carboxylic acids is 1. The minimum Gasteiger partial charge on any atom is -0.495 e. The number of hydrogen-bond acceptors (Lipinski definition) is 2. The maximum atomic E-state index is 10.5. The van der Waals surface area contributed by atoms with Crippen LogP contribution in [-0.2, 0) is 4.79 Å². The smallest absolute Gasteiger partial charge is 0.307 e. The summed E-state index contributed by atoms with van der Waals surface area (Å²) in [6.07, 6.45) is 6.52. The van der Waals surface area contributed by atoms with Crippen LogP contribution in [0.5, 0.6) is 5.75 Å². The molecule has 3 nitrogen and oxygen atoms in total. The van der Waals surface area contributed by atoms with E-state index in [9.17, 15) is 4.79 Å². The van der Waals surface area contributed by atoms with Gasteiger partial charge in [-0.2, -0.15) is 0 Å².